The normalized spacial score (nSPS) is 11.0. The Balaban J connectivity index is 2.58. The lowest BCUT2D eigenvalue weighted by Gasteiger charge is -2.25. The topological polar surface area (TPSA) is 45.4 Å². The van der Waals surface area contributed by atoms with Crippen LogP contribution in [0.4, 0.5) is 11.5 Å². The summed E-state index contributed by atoms with van der Waals surface area (Å²) in [6, 6.07) is 2.00. The molecule has 0 spiro atoms. The van der Waals surface area contributed by atoms with Gasteiger partial charge in [0.2, 0.25) is 0 Å². The molecule has 4 heteroatoms. The highest BCUT2D eigenvalue weighted by Gasteiger charge is 2.10. The van der Waals surface area contributed by atoms with Gasteiger partial charge in [-0.25, -0.2) is 4.98 Å². The lowest BCUT2D eigenvalue weighted by Crippen LogP contribution is -2.30. The zero-order chi connectivity index (χ0) is 14.3. The Hall–Kier alpha value is -1.29. The number of nitrogens with two attached hydrogens (primary N) is 1. The fourth-order valence-electron chi connectivity index (χ4n) is 2.29. The van der Waals surface area contributed by atoms with E-state index in [1.165, 1.54) is 0 Å². The molecule has 2 N–H and O–H groups in total. The number of anilines is 2. The van der Waals surface area contributed by atoms with Crippen LogP contribution in [0.25, 0.3) is 0 Å². The average Bonchev–Trinajstić information content (AvgIpc) is 2.40. The second-order valence-corrected chi connectivity index (χ2v) is 4.89. The van der Waals surface area contributed by atoms with Crippen molar-refractivity contribution in [3.8, 4) is 0 Å². The molecule has 1 heterocycles. The predicted octanol–water partition coefficient (Wildman–Crippen LogP) is 2.53. The van der Waals surface area contributed by atoms with Crippen LogP contribution in [0.15, 0.2) is 12.3 Å². The van der Waals surface area contributed by atoms with Crippen molar-refractivity contribution in [2.75, 3.05) is 43.4 Å². The first-order valence-electron chi connectivity index (χ1n) is 7.31. The first-order valence-corrected chi connectivity index (χ1v) is 7.31. The van der Waals surface area contributed by atoms with Gasteiger partial charge in [-0.1, -0.05) is 13.8 Å². The van der Waals surface area contributed by atoms with Gasteiger partial charge in [0.1, 0.15) is 0 Å². The smallest absolute Gasteiger partial charge is 0.151 e. The Labute approximate surface area is 117 Å². The maximum atomic E-state index is 6.07. The summed E-state index contributed by atoms with van der Waals surface area (Å²) in [5, 5.41) is 0. The molecule has 0 aliphatic rings. The first-order chi connectivity index (χ1) is 9.12. The van der Waals surface area contributed by atoms with E-state index < -0.39 is 0 Å². The summed E-state index contributed by atoms with van der Waals surface area (Å²) < 4.78 is 0. The van der Waals surface area contributed by atoms with E-state index in [9.17, 15) is 0 Å². The van der Waals surface area contributed by atoms with Gasteiger partial charge in [0.15, 0.2) is 5.82 Å². The van der Waals surface area contributed by atoms with Crippen LogP contribution in [-0.4, -0.2) is 42.6 Å². The van der Waals surface area contributed by atoms with Crippen LogP contribution in [0.1, 0.15) is 32.8 Å². The third-order valence-electron chi connectivity index (χ3n) is 3.51. The van der Waals surface area contributed by atoms with Gasteiger partial charge in [0.25, 0.3) is 0 Å². The molecular formula is C15H28N4. The maximum Gasteiger partial charge on any atom is 0.151 e. The molecule has 0 amide bonds. The summed E-state index contributed by atoms with van der Waals surface area (Å²) >= 11 is 0. The summed E-state index contributed by atoms with van der Waals surface area (Å²) in [5.74, 6) is 0.924. The van der Waals surface area contributed by atoms with E-state index in [1.807, 2.05) is 19.2 Å². The van der Waals surface area contributed by atoms with Gasteiger partial charge in [-0.15, -0.1) is 0 Å². The van der Waals surface area contributed by atoms with E-state index in [2.05, 4.69) is 35.6 Å². The van der Waals surface area contributed by atoms with Crippen LogP contribution >= 0.6 is 0 Å². The molecule has 0 aromatic carbocycles. The largest absolute Gasteiger partial charge is 0.396 e. The Bertz CT molecular complexity index is 374. The van der Waals surface area contributed by atoms with Crippen molar-refractivity contribution >= 4 is 11.5 Å². The first kappa shape index (κ1) is 15.8. The molecule has 0 saturated heterocycles. The number of pyridine rings is 1. The molecule has 4 nitrogen and oxygen atoms in total. The van der Waals surface area contributed by atoms with Crippen molar-refractivity contribution in [1.82, 2.24) is 9.88 Å². The second kappa shape index (κ2) is 8.00. The highest BCUT2D eigenvalue weighted by molar-refractivity contribution is 5.63. The number of hydrogen-bond acceptors (Lipinski definition) is 4. The molecule has 0 bridgehead atoms. The molecular weight excluding hydrogens is 236 g/mol. The van der Waals surface area contributed by atoms with Gasteiger partial charge in [-0.2, -0.15) is 0 Å². The molecule has 1 rings (SSSR count). The van der Waals surface area contributed by atoms with Crippen molar-refractivity contribution in [1.29, 1.82) is 0 Å². The summed E-state index contributed by atoms with van der Waals surface area (Å²) in [4.78, 5) is 9.18. The number of aromatic nitrogens is 1. The number of nitrogens with zero attached hydrogens (tertiary/aromatic N) is 3. The fraction of sp³-hybridized carbons (Fsp3) is 0.667. The minimum Gasteiger partial charge on any atom is -0.396 e. The van der Waals surface area contributed by atoms with Gasteiger partial charge in [0, 0.05) is 19.3 Å². The fourth-order valence-corrected chi connectivity index (χ4v) is 2.29. The number of aryl methyl sites for hydroxylation is 1. The number of hydrogen-bond donors (Lipinski definition) is 1. The number of rotatable bonds is 8. The van der Waals surface area contributed by atoms with Crippen LogP contribution in [0.3, 0.4) is 0 Å². The Kier molecular flexibility index (Phi) is 6.64. The summed E-state index contributed by atoms with van der Waals surface area (Å²) in [5.41, 5.74) is 7.96. The monoisotopic (exact) mass is 264 g/mol. The van der Waals surface area contributed by atoms with Crippen molar-refractivity contribution in [2.24, 2.45) is 0 Å². The summed E-state index contributed by atoms with van der Waals surface area (Å²) in [7, 11) is 0. The van der Waals surface area contributed by atoms with Crippen molar-refractivity contribution in [2.45, 2.75) is 34.1 Å². The lowest BCUT2D eigenvalue weighted by molar-refractivity contribution is 0.300. The van der Waals surface area contributed by atoms with E-state index in [0.717, 1.165) is 56.2 Å². The lowest BCUT2D eigenvalue weighted by atomic mass is 10.2. The molecule has 0 aliphatic heterocycles. The van der Waals surface area contributed by atoms with E-state index in [4.69, 9.17) is 5.73 Å². The highest BCUT2D eigenvalue weighted by Crippen LogP contribution is 2.20. The Morgan fingerprint density at radius 2 is 1.79 bits per heavy atom. The Morgan fingerprint density at radius 3 is 2.32 bits per heavy atom. The molecule has 0 aliphatic carbocycles. The summed E-state index contributed by atoms with van der Waals surface area (Å²) in [6.07, 6.45) is 3.03. The summed E-state index contributed by atoms with van der Waals surface area (Å²) in [6.45, 7) is 13.9. The van der Waals surface area contributed by atoms with Crippen LogP contribution < -0.4 is 10.6 Å². The van der Waals surface area contributed by atoms with Crippen LogP contribution in [0.5, 0.6) is 0 Å². The molecule has 108 valence electrons. The third kappa shape index (κ3) is 4.71. The molecule has 0 unspecified atom stereocenters. The van der Waals surface area contributed by atoms with Gasteiger partial charge in [0.05, 0.1) is 5.69 Å². The van der Waals surface area contributed by atoms with Gasteiger partial charge in [-0.3, -0.25) is 0 Å². The van der Waals surface area contributed by atoms with Crippen molar-refractivity contribution in [3.05, 3.63) is 17.8 Å². The number of nitrogen functional groups attached to an aromatic ring is 1. The van der Waals surface area contributed by atoms with E-state index in [-0.39, 0.29) is 0 Å². The van der Waals surface area contributed by atoms with E-state index >= 15 is 0 Å². The van der Waals surface area contributed by atoms with Crippen molar-refractivity contribution < 1.29 is 0 Å². The molecule has 0 atom stereocenters. The third-order valence-corrected chi connectivity index (χ3v) is 3.51. The molecule has 19 heavy (non-hydrogen) atoms. The average molecular weight is 264 g/mol. The van der Waals surface area contributed by atoms with Gasteiger partial charge >= 0.3 is 0 Å². The SMILES string of the molecule is CCN(CC)CCCN(CC)c1ncc(C)cc1N. The van der Waals surface area contributed by atoms with E-state index in [1.54, 1.807) is 0 Å². The predicted molar refractivity (Wildman–Crippen MR) is 83.7 cm³/mol. The van der Waals surface area contributed by atoms with Crippen molar-refractivity contribution in [3.63, 3.8) is 0 Å². The highest BCUT2D eigenvalue weighted by atomic mass is 15.2. The zero-order valence-electron chi connectivity index (χ0n) is 12.8. The second-order valence-electron chi connectivity index (χ2n) is 4.89. The van der Waals surface area contributed by atoms with E-state index in [0.29, 0.717) is 0 Å². The quantitative estimate of drug-likeness (QED) is 0.783. The maximum absolute atomic E-state index is 6.07. The minimum absolute atomic E-state index is 0.782. The van der Waals surface area contributed by atoms with Crippen LogP contribution in [0, 0.1) is 6.92 Å². The van der Waals surface area contributed by atoms with Crippen LogP contribution in [-0.2, 0) is 0 Å². The van der Waals surface area contributed by atoms with Gasteiger partial charge in [-0.05, 0) is 51.5 Å². The minimum atomic E-state index is 0.782. The zero-order valence-corrected chi connectivity index (χ0v) is 12.8. The molecule has 0 saturated carbocycles. The molecule has 0 fully saturated rings. The molecule has 1 aromatic rings. The molecule has 0 radical (unpaired) electrons. The van der Waals surface area contributed by atoms with Gasteiger partial charge < -0.3 is 15.5 Å². The molecule has 1 aromatic heterocycles. The van der Waals surface area contributed by atoms with Crippen LogP contribution in [0.2, 0.25) is 0 Å². The standard InChI is InChI=1S/C15H28N4/c1-5-18(6-2)9-8-10-19(7-3)15-14(16)11-13(4)12-17-15/h11-12H,5-10,16H2,1-4H3. The Morgan fingerprint density at radius 1 is 1.11 bits per heavy atom.